The Morgan fingerprint density at radius 3 is 2.65 bits per heavy atom. The van der Waals surface area contributed by atoms with Crippen LogP contribution in [0.2, 0.25) is 0 Å². The lowest BCUT2D eigenvalue weighted by Gasteiger charge is -2.46. The summed E-state index contributed by atoms with van der Waals surface area (Å²) in [5, 5.41) is 0. The van der Waals surface area contributed by atoms with Crippen molar-refractivity contribution < 1.29 is 27.8 Å². The molecule has 0 radical (unpaired) electrons. The fraction of sp³-hybridized carbons (Fsp3) is 0.458. The topological polar surface area (TPSA) is 89.6 Å². The summed E-state index contributed by atoms with van der Waals surface area (Å²) in [5.41, 5.74) is 1.42. The summed E-state index contributed by atoms with van der Waals surface area (Å²) in [6.45, 7) is 3.83. The molecule has 3 aromatic rings. The number of aromatic amines is 1. The maximum Gasteiger partial charge on any atom is 0.410 e. The molecule has 1 aromatic carbocycles. The van der Waals surface area contributed by atoms with Crippen molar-refractivity contribution in [2.75, 3.05) is 26.3 Å². The van der Waals surface area contributed by atoms with E-state index in [4.69, 9.17) is 14.2 Å². The molecule has 1 saturated carbocycles. The number of nitrogens with zero attached hydrogens (tertiary/aromatic N) is 3. The van der Waals surface area contributed by atoms with Gasteiger partial charge in [0.25, 0.3) is 0 Å². The van der Waals surface area contributed by atoms with E-state index in [1.165, 1.54) is 18.5 Å². The van der Waals surface area contributed by atoms with Crippen molar-refractivity contribution in [1.29, 1.82) is 0 Å². The number of rotatable bonds is 4. The van der Waals surface area contributed by atoms with Crippen molar-refractivity contribution in [3.05, 3.63) is 42.4 Å². The number of carbonyl (C=O) groups is 1. The van der Waals surface area contributed by atoms with Crippen LogP contribution >= 0.6 is 0 Å². The third-order valence-corrected chi connectivity index (χ3v) is 6.95. The van der Waals surface area contributed by atoms with E-state index in [9.17, 15) is 13.6 Å². The lowest BCUT2D eigenvalue weighted by Crippen LogP contribution is -2.59. The first-order chi connectivity index (χ1) is 16.4. The van der Waals surface area contributed by atoms with Gasteiger partial charge in [-0.2, -0.15) is 4.98 Å². The number of hydrogen-bond donors (Lipinski definition) is 1. The van der Waals surface area contributed by atoms with E-state index in [1.807, 2.05) is 6.92 Å². The number of aromatic nitrogens is 3. The number of hydrogen-bond acceptors (Lipinski definition) is 6. The first kappa shape index (κ1) is 21.3. The number of nitrogens with one attached hydrogen (secondary N) is 1. The summed E-state index contributed by atoms with van der Waals surface area (Å²) < 4.78 is 45.5. The van der Waals surface area contributed by atoms with Crippen molar-refractivity contribution in [3.63, 3.8) is 0 Å². The number of amides is 1. The summed E-state index contributed by atoms with van der Waals surface area (Å²) in [6, 6.07) is 3.43. The van der Waals surface area contributed by atoms with Gasteiger partial charge in [-0.05, 0) is 31.9 Å². The van der Waals surface area contributed by atoms with Gasteiger partial charge in [0.05, 0.1) is 13.2 Å². The summed E-state index contributed by atoms with van der Waals surface area (Å²) in [6.07, 6.45) is 4.29. The molecule has 3 aliphatic rings. The van der Waals surface area contributed by atoms with E-state index in [1.54, 1.807) is 11.1 Å². The number of fused-ring (bicyclic) bond motifs is 3. The third-order valence-electron chi connectivity index (χ3n) is 6.95. The molecule has 8 nitrogen and oxygen atoms in total. The van der Waals surface area contributed by atoms with Crippen LogP contribution in [-0.2, 0) is 9.47 Å². The lowest BCUT2D eigenvalue weighted by molar-refractivity contribution is -0.111. The number of carbonyl (C=O) groups excluding carboxylic acids is 1. The Bertz CT molecular complexity index is 1250. The van der Waals surface area contributed by atoms with E-state index in [-0.39, 0.29) is 35.2 Å². The van der Waals surface area contributed by atoms with Gasteiger partial charge in [-0.15, -0.1) is 0 Å². The Morgan fingerprint density at radius 2 is 1.94 bits per heavy atom. The molecular weight excluding hydrogens is 446 g/mol. The fourth-order valence-electron chi connectivity index (χ4n) is 4.84. The highest BCUT2D eigenvalue weighted by Crippen LogP contribution is 2.40. The van der Waals surface area contributed by atoms with Crippen LogP contribution in [-0.4, -0.2) is 64.0 Å². The highest BCUT2D eigenvalue weighted by Gasteiger charge is 2.47. The molecule has 1 aliphatic carbocycles. The van der Waals surface area contributed by atoms with Crippen LogP contribution in [0, 0.1) is 23.5 Å². The number of piperidine rings is 1. The number of halogens is 2. The Balaban J connectivity index is 1.25. The maximum atomic E-state index is 14.4. The Labute approximate surface area is 194 Å². The van der Waals surface area contributed by atoms with Crippen molar-refractivity contribution in [3.8, 4) is 17.0 Å². The van der Waals surface area contributed by atoms with Gasteiger partial charge in [-0.1, -0.05) is 0 Å². The van der Waals surface area contributed by atoms with Crippen molar-refractivity contribution in [2.45, 2.75) is 31.5 Å². The van der Waals surface area contributed by atoms with E-state index < -0.39 is 11.6 Å². The first-order valence-corrected chi connectivity index (χ1v) is 11.4. The van der Waals surface area contributed by atoms with Gasteiger partial charge in [0, 0.05) is 48.3 Å². The number of H-pyrrole nitrogens is 1. The largest absolute Gasteiger partial charge is 0.472 e. The summed E-state index contributed by atoms with van der Waals surface area (Å²) in [5.74, 6) is -1.05. The van der Waals surface area contributed by atoms with E-state index in [2.05, 4.69) is 15.0 Å². The molecule has 178 valence electrons. The highest BCUT2D eigenvalue weighted by atomic mass is 19.1. The van der Waals surface area contributed by atoms with Crippen LogP contribution in [0.4, 0.5) is 13.6 Å². The zero-order chi connectivity index (χ0) is 23.4. The second kappa shape index (κ2) is 7.90. The van der Waals surface area contributed by atoms with Gasteiger partial charge in [0.2, 0.25) is 5.88 Å². The zero-order valence-corrected chi connectivity index (χ0v) is 18.6. The van der Waals surface area contributed by atoms with Gasteiger partial charge in [0.15, 0.2) is 0 Å². The minimum atomic E-state index is -0.673. The van der Waals surface area contributed by atoms with Crippen molar-refractivity contribution in [1.82, 2.24) is 19.9 Å². The van der Waals surface area contributed by atoms with Crippen LogP contribution in [0.25, 0.3) is 22.2 Å². The maximum absolute atomic E-state index is 14.4. The SMILES string of the molecule is CC1(OC(=O)N2CC3COCC(C2)C3Oc2ncnc3c(-c4ccc(F)cc4F)c[nH]c23)CC1. The van der Waals surface area contributed by atoms with Gasteiger partial charge in [0.1, 0.15) is 40.7 Å². The Hall–Kier alpha value is -3.27. The highest BCUT2D eigenvalue weighted by molar-refractivity contribution is 5.94. The van der Waals surface area contributed by atoms with Gasteiger partial charge < -0.3 is 24.1 Å². The summed E-state index contributed by atoms with van der Waals surface area (Å²) >= 11 is 0. The van der Waals surface area contributed by atoms with E-state index in [0.29, 0.717) is 48.8 Å². The smallest absolute Gasteiger partial charge is 0.410 e. The van der Waals surface area contributed by atoms with Gasteiger partial charge >= 0.3 is 6.09 Å². The van der Waals surface area contributed by atoms with Crippen LogP contribution in [0.3, 0.4) is 0 Å². The van der Waals surface area contributed by atoms with Crippen LogP contribution < -0.4 is 4.74 Å². The van der Waals surface area contributed by atoms with E-state index in [0.717, 1.165) is 18.9 Å². The summed E-state index contributed by atoms with van der Waals surface area (Å²) in [4.78, 5) is 26.1. The second-order valence-corrected chi connectivity index (χ2v) is 9.59. The Kier molecular flexibility index (Phi) is 4.94. The average Bonchev–Trinajstić information content (AvgIpc) is 3.35. The quantitative estimate of drug-likeness (QED) is 0.622. The molecule has 4 heterocycles. The van der Waals surface area contributed by atoms with Crippen LogP contribution in [0.1, 0.15) is 19.8 Å². The van der Waals surface area contributed by atoms with Gasteiger partial charge in [-0.25, -0.2) is 18.6 Å². The summed E-state index contributed by atoms with van der Waals surface area (Å²) in [7, 11) is 0. The minimum absolute atomic E-state index is 0.0407. The molecule has 1 amide bonds. The predicted octanol–water partition coefficient (Wildman–Crippen LogP) is 3.92. The number of ether oxygens (including phenoxy) is 3. The molecule has 2 saturated heterocycles. The standard InChI is InChI=1S/C24H24F2N4O4/c1-24(4-5-24)34-23(31)30-8-13-10-32-11-14(9-30)21(13)33-22-20-19(28-12-29-22)17(7-27-20)16-3-2-15(25)6-18(16)26/h2-3,6-7,12-14,21,27H,4-5,8-11H2,1H3. The van der Waals surface area contributed by atoms with Crippen LogP contribution in [0.15, 0.2) is 30.7 Å². The molecule has 6 rings (SSSR count). The second-order valence-electron chi connectivity index (χ2n) is 9.59. The van der Waals surface area contributed by atoms with Crippen LogP contribution in [0.5, 0.6) is 5.88 Å². The molecule has 1 N–H and O–H groups in total. The molecule has 34 heavy (non-hydrogen) atoms. The fourth-order valence-corrected chi connectivity index (χ4v) is 4.84. The molecule has 2 bridgehead atoms. The molecule has 10 heteroatoms. The van der Waals surface area contributed by atoms with E-state index >= 15 is 0 Å². The van der Waals surface area contributed by atoms with Gasteiger partial charge in [-0.3, -0.25) is 0 Å². The Morgan fingerprint density at radius 1 is 1.18 bits per heavy atom. The number of benzene rings is 1. The molecule has 2 aliphatic heterocycles. The third kappa shape index (κ3) is 3.75. The normalized spacial score (nSPS) is 25.3. The molecule has 2 unspecified atom stereocenters. The lowest BCUT2D eigenvalue weighted by atomic mass is 9.84. The minimum Gasteiger partial charge on any atom is -0.472 e. The molecular formula is C24H24F2N4O4. The average molecular weight is 470 g/mol. The molecule has 0 spiro atoms. The monoisotopic (exact) mass is 470 g/mol. The number of likely N-dealkylation sites (tertiary alicyclic amines) is 1. The molecule has 2 aromatic heterocycles. The zero-order valence-electron chi connectivity index (χ0n) is 18.6. The van der Waals surface area contributed by atoms with Crippen molar-refractivity contribution in [2.24, 2.45) is 11.8 Å². The molecule has 3 fully saturated rings. The predicted molar refractivity (Wildman–Crippen MR) is 117 cm³/mol. The van der Waals surface area contributed by atoms with Crippen molar-refractivity contribution >= 4 is 17.1 Å². The molecule has 2 atom stereocenters. The first-order valence-electron chi connectivity index (χ1n) is 11.4.